The number of nitrogens with zero attached hydrogens (tertiary/aromatic N) is 3. The molecule has 1 heterocycles. The van der Waals surface area contributed by atoms with E-state index in [1.807, 2.05) is 6.92 Å². The van der Waals surface area contributed by atoms with Gasteiger partial charge in [-0.3, -0.25) is 0 Å². The lowest BCUT2D eigenvalue weighted by atomic mass is 10.6. The van der Waals surface area contributed by atoms with Gasteiger partial charge in [0.05, 0.1) is 11.9 Å². The van der Waals surface area contributed by atoms with Gasteiger partial charge in [0.1, 0.15) is 0 Å². The Morgan fingerprint density at radius 3 is 2.78 bits per heavy atom. The van der Waals surface area contributed by atoms with Gasteiger partial charge < -0.3 is 3.07 Å². The Labute approximate surface area is 66.4 Å². The maximum absolute atomic E-state index is 4.65. The summed E-state index contributed by atoms with van der Waals surface area (Å²) >= 11 is 1.70. The first-order valence-electron chi connectivity index (χ1n) is 2.28. The van der Waals surface area contributed by atoms with Gasteiger partial charge in [-0.2, -0.15) is 4.98 Å². The normalized spacial score (nSPS) is 9.11. The molecule has 48 valence electrons. The molecule has 0 radical (unpaired) electrons. The van der Waals surface area contributed by atoms with Crippen LogP contribution in [0.3, 0.4) is 0 Å². The van der Waals surface area contributed by atoms with E-state index in [1.54, 1.807) is 29.2 Å². The summed E-state index contributed by atoms with van der Waals surface area (Å²) in [5.74, 6) is 0. The molecule has 5 heteroatoms. The molecule has 1 rings (SSSR count). The molecule has 0 saturated heterocycles. The topological polar surface area (TPSA) is 47.9 Å². The predicted octanol–water partition coefficient (Wildman–Crippen LogP) is 0.909. The number of aromatic nitrogens is 3. The lowest BCUT2D eigenvalue weighted by Crippen LogP contribution is -1.90. The smallest absolute Gasteiger partial charge is 0.345 e. The van der Waals surface area contributed by atoms with Crippen molar-refractivity contribution in [3.8, 4) is 6.01 Å². The molecule has 9 heavy (non-hydrogen) atoms. The van der Waals surface area contributed by atoms with Crippen molar-refractivity contribution in [3.05, 3.63) is 11.9 Å². The number of hydrogen-bond donors (Lipinski definition) is 0. The van der Waals surface area contributed by atoms with E-state index in [0.29, 0.717) is 6.01 Å². The summed E-state index contributed by atoms with van der Waals surface area (Å²) in [7, 11) is 0. The third kappa shape index (κ3) is 1.74. The zero-order valence-corrected chi connectivity index (χ0v) is 6.86. The maximum atomic E-state index is 4.65. The van der Waals surface area contributed by atoms with Crippen LogP contribution in [0.1, 0.15) is 5.69 Å². The lowest BCUT2D eigenvalue weighted by Gasteiger charge is -1.90. The van der Waals surface area contributed by atoms with Crippen LogP contribution in [0.25, 0.3) is 0 Å². The molecule has 0 amide bonds. The van der Waals surface area contributed by atoms with Gasteiger partial charge in [-0.1, -0.05) is 5.10 Å². The highest BCUT2D eigenvalue weighted by Crippen LogP contribution is 2.00. The summed E-state index contributed by atoms with van der Waals surface area (Å²) in [6.07, 6.45) is 1.60. The Morgan fingerprint density at radius 1 is 1.56 bits per heavy atom. The minimum absolute atomic E-state index is 0.293. The van der Waals surface area contributed by atoms with Crippen molar-refractivity contribution in [3.63, 3.8) is 0 Å². The summed E-state index contributed by atoms with van der Waals surface area (Å²) in [4.78, 5) is 3.79. The van der Waals surface area contributed by atoms with Gasteiger partial charge in [0, 0.05) is 0 Å². The molecule has 1 aromatic heterocycles. The third-order valence-electron chi connectivity index (χ3n) is 0.724. The third-order valence-corrected chi connectivity index (χ3v) is 1.12. The molecule has 0 spiro atoms. The molecular formula is C4H4IN3O. The van der Waals surface area contributed by atoms with E-state index in [4.69, 9.17) is 0 Å². The Bertz CT molecular complexity index is 188. The van der Waals surface area contributed by atoms with Crippen molar-refractivity contribution >= 4 is 23.0 Å². The van der Waals surface area contributed by atoms with Crippen molar-refractivity contribution in [1.29, 1.82) is 0 Å². The fourth-order valence-corrected chi connectivity index (χ4v) is 0.559. The molecule has 0 aliphatic rings. The zero-order valence-electron chi connectivity index (χ0n) is 4.71. The Morgan fingerprint density at radius 2 is 2.33 bits per heavy atom. The number of halogens is 1. The van der Waals surface area contributed by atoms with Crippen LogP contribution in [-0.2, 0) is 0 Å². The Hall–Kier alpha value is -0.460. The second kappa shape index (κ2) is 2.90. The predicted molar refractivity (Wildman–Crippen MR) is 39.2 cm³/mol. The molecule has 0 aliphatic heterocycles. The van der Waals surface area contributed by atoms with E-state index < -0.39 is 0 Å². The first-order chi connectivity index (χ1) is 4.33. The maximum Gasteiger partial charge on any atom is 0.345 e. The molecule has 0 atom stereocenters. The quantitative estimate of drug-likeness (QED) is 0.681. The van der Waals surface area contributed by atoms with Crippen LogP contribution in [0.4, 0.5) is 0 Å². The molecule has 0 aromatic carbocycles. The number of rotatable bonds is 1. The largest absolute Gasteiger partial charge is 0.391 e. The highest BCUT2D eigenvalue weighted by atomic mass is 127. The minimum atomic E-state index is 0.293. The van der Waals surface area contributed by atoms with Gasteiger partial charge >= 0.3 is 6.01 Å². The van der Waals surface area contributed by atoms with Crippen molar-refractivity contribution in [2.75, 3.05) is 0 Å². The molecule has 0 saturated carbocycles. The van der Waals surface area contributed by atoms with Gasteiger partial charge in [0.2, 0.25) is 0 Å². The van der Waals surface area contributed by atoms with Crippen molar-refractivity contribution in [1.82, 2.24) is 15.2 Å². The minimum Gasteiger partial charge on any atom is -0.391 e. The first-order valence-corrected chi connectivity index (χ1v) is 3.16. The molecule has 1 aromatic rings. The van der Waals surface area contributed by atoms with E-state index in [-0.39, 0.29) is 0 Å². The SMILES string of the molecule is Cc1cnc(OI)nn1. The molecule has 0 N–H and O–H groups in total. The second-order valence-corrected chi connectivity index (χ2v) is 1.90. The fraction of sp³-hybridized carbons (Fsp3) is 0.250. The van der Waals surface area contributed by atoms with E-state index in [9.17, 15) is 0 Å². The molecule has 0 fully saturated rings. The summed E-state index contributed by atoms with van der Waals surface area (Å²) in [5.41, 5.74) is 0.784. The fourth-order valence-electron chi connectivity index (χ4n) is 0.357. The summed E-state index contributed by atoms with van der Waals surface area (Å²) in [6.45, 7) is 1.82. The average molecular weight is 237 g/mol. The van der Waals surface area contributed by atoms with Gasteiger partial charge in [-0.05, 0) is 6.92 Å². The summed E-state index contributed by atoms with van der Waals surface area (Å²) in [5, 5.41) is 7.31. The van der Waals surface area contributed by atoms with Gasteiger partial charge in [-0.25, -0.2) is 0 Å². The number of aryl methyl sites for hydroxylation is 1. The highest BCUT2D eigenvalue weighted by Gasteiger charge is 1.92. The van der Waals surface area contributed by atoms with E-state index in [1.165, 1.54) is 0 Å². The second-order valence-electron chi connectivity index (χ2n) is 1.46. The number of hydrogen-bond acceptors (Lipinski definition) is 4. The lowest BCUT2D eigenvalue weighted by molar-refractivity contribution is 0.617. The van der Waals surface area contributed by atoms with Crippen molar-refractivity contribution < 1.29 is 3.07 Å². The van der Waals surface area contributed by atoms with E-state index >= 15 is 0 Å². The Balaban J connectivity index is 2.88. The zero-order chi connectivity index (χ0) is 6.69. The van der Waals surface area contributed by atoms with Crippen LogP contribution in [0.2, 0.25) is 0 Å². The van der Waals surface area contributed by atoms with Crippen molar-refractivity contribution in [2.45, 2.75) is 6.92 Å². The van der Waals surface area contributed by atoms with E-state index in [2.05, 4.69) is 18.2 Å². The van der Waals surface area contributed by atoms with Crippen LogP contribution >= 0.6 is 23.0 Å². The van der Waals surface area contributed by atoms with Crippen LogP contribution in [0.5, 0.6) is 6.01 Å². The molecule has 0 aliphatic carbocycles. The van der Waals surface area contributed by atoms with Crippen LogP contribution in [0, 0.1) is 6.92 Å². The standard InChI is InChI=1S/C4H4IN3O/c1-3-2-6-4(9-5)8-7-3/h2H,1H3. The highest BCUT2D eigenvalue weighted by molar-refractivity contribution is 14.1. The molecular weight excluding hydrogens is 233 g/mol. The first kappa shape index (κ1) is 6.66. The molecule has 4 nitrogen and oxygen atoms in total. The molecule has 0 unspecified atom stereocenters. The van der Waals surface area contributed by atoms with E-state index in [0.717, 1.165) is 5.69 Å². The summed E-state index contributed by atoms with van der Waals surface area (Å²) < 4.78 is 4.65. The summed E-state index contributed by atoms with van der Waals surface area (Å²) in [6, 6.07) is 0.293. The van der Waals surface area contributed by atoms with Gasteiger partial charge in [0.25, 0.3) is 0 Å². The van der Waals surface area contributed by atoms with Crippen LogP contribution < -0.4 is 3.07 Å². The van der Waals surface area contributed by atoms with Crippen LogP contribution in [0.15, 0.2) is 6.20 Å². The average Bonchev–Trinajstić information content (AvgIpc) is 1.90. The Kier molecular flexibility index (Phi) is 2.15. The van der Waals surface area contributed by atoms with Crippen LogP contribution in [-0.4, -0.2) is 15.2 Å². The molecule has 0 bridgehead atoms. The monoisotopic (exact) mass is 237 g/mol. The van der Waals surface area contributed by atoms with Gasteiger partial charge in [-0.15, -0.1) is 5.10 Å². The van der Waals surface area contributed by atoms with Crippen molar-refractivity contribution in [2.24, 2.45) is 0 Å². The van der Waals surface area contributed by atoms with Gasteiger partial charge in [0.15, 0.2) is 23.0 Å².